The molecule has 1 unspecified atom stereocenters. The number of benzene rings is 1. The van der Waals surface area contributed by atoms with Crippen molar-refractivity contribution in [3.8, 4) is 0 Å². The molecule has 1 aromatic carbocycles. The molecule has 3 heterocycles. The van der Waals surface area contributed by atoms with Crippen LogP contribution in [0.4, 0.5) is 0 Å². The molecule has 4 nitrogen and oxygen atoms in total. The van der Waals surface area contributed by atoms with Crippen LogP contribution in [0.5, 0.6) is 0 Å². The summed E-state index contributed by atoms with van der Waals surface area (Å²) in [6.45, 7) is 1.74. The van der Waals surface area contributed by atoms with Gasteiger partial charge in [0.2, 0.25) is 5.91 Å². The second kappa shape index (κ2) is 6.77. The van der Waals surface area contributed by atoms with Gasteiger partial charge in [0.25, 0.3) is 0 Å². The average molecular weight is 339 g/mol. The average Bonchev–Trinajstić information content (AvgIpc) is 3.23. The van der Waals surface area contributed by atoms with E-state index >= 15 is 0 Å². The maximum atomic E-state index is 12.5. The Morgan fingerprint density at radius 3 is 3.08 bits per heavy atom. The number of piperidine rings is 1. The summed E-state index contributed by atoms with van der Waals surface area (Å²) in [6.07, 6.45) is 3.69. The number of aromatic amines is 1. The molecule has 1 amide bonds. The van der Waals surface area contributed by atoms with Gasteiger partial charge in [0.15, 0.2) is 0 Å². The fourth-order valence-electron chi connectivity index (χ4n) is 3.51. The molecule has 0 radical (unpaired) electrons. The highest BCUT2D eigenvalue weighted by atomic mass is 32.1. The number of H-pyrrole nitrogens is 1. The molecule has 0 bridgehead atoms. The number of fused-ring (bicyclic) bond motifs is 1. The first-order chi connectivity index (χ1) is 11.8. The van der Waals surface area contributed by atoms with Crippen LogP contribution in [0.3, 0.4) is 0 Å². The first kappa shape index (κ1) is 15.4. The van der Waals surface area contributed by atoms with Crippen molar-refractivity contribution in [1.82, 2.24) is 14.9 Å². The van der Waals surface area contributed by atoms with Gasteiger partial charge in [0.05, 0.1) is 17.5 Å². The predicted molar refractivity (Wildman–Crippen MR) is 97.1 cm³/mol. The molecule has 0 aliphatic carbocycles. The second-order valence-corrected chi connectivity index (χ2v) is 7.34. The van der Waals surface area contributed by atoms with Crippen molar-refractivity contribution in [3.63, 3.8) is 0 Å². The maximum absolute atomic E-state index is 12.5. The number of hydrogen-bond donors (Lipinski definition) is 1. The Balaban J connectivity index is 1.40. The zero-order chi connectivity index (χ0) is 16.4. The lowest BCUT2D eigenvalue weighted by Crippen LogP contribution is -2.41. The molecule has 5 heteroatoms. The summed E-state index contributed by atoms with van der Waals surface area (Å²) in [5.74, 6) is 1.78. The van der Waals surface area contributed by atoms with Gasteiger partial charge >= 0.3 is 0 Å². The van der Waals surface area contributed by atoms with E-state index in [1.165, 1.54) is 6.42 Å². The van der Waals surface area contributed by atoms with Crippen molar-refractivity contribution in [3.05, 3.63) is 52.5 Å². The first-order valence-electron chi connectivity index (χ1n) is 8.50. The van der Waals surface area contributed by atoms with E-state index in [0.717, 1.165) is 48.4 Å². The Kier molecular flexibility index (Phi) is 4.34. The van der Waals surface area contributed by atoms with Gasteiger partial charge in [-0.05, 0) is 53.3 Å². The molecule has 4 rings (SSSR count). The summed E-state index contributed by atoms with van der Waals surface area (Å²) in [6, 6.07) is 10.2. The summed E-state index contributed by atoms with van der Waals surface area (Å²) >= 11 is 1.65. The van der Waals surface area contributed by atoms with Crippen LogP contribution in [-0.2, 0) is 17.6 Å². The molecular formula is C19H21N3OS. The van der Waals surface area contributed by atoms with E-state index in [0.29, 0.717) is 12.3 Å². The molecule has 124 valence electrons. The Labute approximate surface area is 145 Å². The summed E-state index contributed by atoms with van der Waals surface area (Å²) in [4.78, 5) is 22.6. The third-order valence-corrected chi connectivity index (χ3v) is 5.46. The lowest BCUT2D eigenvalue weighted by Gasteiger charge is -2.32. The molecule has 1 atom stereocenters. The number of imidazole rings is 1. The number of carbonyl (C=O) groups is 1. The highest BCUT2D eigenvalue weighted by molar-refractivity contribution is 7.08. The van der Waals surface area contributed by atoms with Crippen molar-refractivity contribution >= 4 is 28.3 Å². The lowest BCUT2D eigenvalue weighted by molar-refractivity contribution is -0.132. The van der Waals surface area contributed by atoms with Crippen molar-refractivity contribution in [2.75, 3.05) is 13.1 Å². The topological polar surface area (TPSA) is 49.0 Å². The molecule has 1 aliphatic heterocycles. The van der Waals surface area contributed by atoms with E-state index in [9.17, 15) is 4.79 Å². The molecule has 24 heavy (non-hydrogen) atoms. The smallest absolute Gasteiger partial charge is 0.227 e. The van der Waals surface area contributed by atoms with Crippen LogP contribution < -0.4 is 0 Å². The number of carbonyl (C=O) groups excluding carboxylic acids is 1. The summed E-state index contributed by atoms with van der Waals surface area (Å²) in [5.41, 5.74) is 3.24. The molecule has 2 aromatic heterocycles. The normalized spacial score (nSPS) is 18.2. The molecule has 1 saturated heterocycles. The van der Waals surface area contributed by atoms with Crippen molar-refractivity contribution < 1.29 is 4.79 Å². The highest BCUT2D eigenvalue weighted by Crippen LogP contribution is 2.22. The van der Waals surface area contributed by atoms with E-state index < -0.39 is 0 Å². The maximum Gasteiger partial charge on any atom is 0.227 e. The van der Waals surface area contributed by atoms with Gasteiger partial charge < -0.3 is 9.88 Å². The van der Waals surface area contributed by atoms with E-state index in [1.54, 1.807) is 11.3 Å². The molecule has 1 N–H and O–H groups in total. The number of thiophene rings is 1. The lowest BCUT2D eigenvalue weighted by atomic mass is 9.94. The number of nitrogens with one attached hydrogen (secondary N) is 1. The van der Waals surface area contributed by atoms with Crippen LogP contribution in [-0.4, -0.2) is 33.9 Å². The summed E-state index contributed by atoms with van der Waals surface area (Å²) in [5, 5.41) is 4.09. The fourth-order valence-corrected chi connectivity index (χ4v) is 4.18. The number of rotatable bonds is 4. The number of likely N-dealkylation sites (tertiary alicyclic amines) is 1. The van der Waals surface area contributed by atoms with Gasteiger partial charge in [0.1, 0.15) is 5.82 Å². The Morgan fingerprint density at radius 2 is 2.25 bits per heavy atom. The summed E-state index contributed by atoms with van der Waals surface area (Å²) < 4.78 is 0. The van der Waals surface area contributed by atoms with E-state index in [2.05, 4.69) is 21.4 Å². The third kappa shape index (κ3) is 3.36. The van der Waals surface area contributed by atoms with Crippen LogP contribution in [0.15, 0.2) is 41.1 Å². The van der Waals surface area contributed by atoms with Crippen LogP contribution in [0, 0.1) is 5.92 Å². The molecule has 1 fully saturated rings. The minimum absolute atomic E-state index is 0.253. The number of amides is 1. The van der Waals surface area contributed by atoms with Crippen LogP contribution in [0.25, 0.3) is 11.0 Å². The molecule has 0 saturated carbocycles. The third-order valence-electron chi connectivity index (χ3n) is 4.73. The van der Waals surface area contributed by atoms with Crippen LogP contribution in [0.1, 0.15) is 24.2 Å². The largest absolute Gasteiger partial charge is 0.342 e. The van der Waals surface area contributed by atoms with Gasteiger partial charge in [0, 0.05) is 19.5 Å². The molecule has 1 aliphatic rings. The minimum Gasteiger partial charge on any atom is -0.342 e. The quantitative estimate of drug-likeness (QED) is 0.789. The van der Waals surface area contributed by atoms with Gasteiger partial charge in [-0.1, -0.05) is 12.1 Å². The van der Waals surface area contributed by atoms with Gasteiger partial charge in [-0.25, -0.2) is 4.98 Å². The van der Waals surface area contributed by atoms with E-state index in [1.807, 2.05) is 34.5 Å². The van der Waals surface area contributed by atoms with E-state index in [4.69, 9.17) is 0 Å². The SMILES string of the molecule is O=C(Cc1ccsc1)N1CCCC(Cc2nc3ccccc3[nH]2)C1. The van der Waals surface area contributed by atoms with Gasteiger partial charge in [-0.3, -0.25) is 4.79 Å². The Bertz CT molecular complexity index is 791. The number of hydrogen-bond acceptors (Lipinski definition) is 3. The number of para-hydroxylation sites is 2. The molecule has 3 aromatic rings. The first-order valence-corrected chi connectivity index (χ1v) is 9.45. The van der Waals surface area contributed by atoms with Crippen molar-refractivity contribution in [1.29, 1.82) is 0 Å². The number of aromatic nitrogens is 2. The highest BCUT2D eigenvalue weighted by Gasteiger charge is 2.24. The zero-order valence-electron chi connectivity index (χ0n) is 13.6. The Hall–Kier alpha value is -2.14. The number of nitrogens with zero attached hydrogens (tertiary/aromatic N) is 2. The van der Waals surface area contributed by atoms with Crippen molar-refractivity contribution in [2.45, 2.75) is 25.7 Å². The Morgan fingerprint density at radius 1 is 1.33 bits per heavy atom. The molecule has 0 spiro atoms. The standard InChI is InChI=1S/C19H21N3OS/c23-19(11-15-7-9-24-13-15)22-8-3-4-14(12-22)10-18-20-16-5-1-2-6-17(16)21-18/h1-2,5-7,9,13-14H,3-4,8,10-12H2,(H,20,21). The van der Waals surface area contributed by atoms with Crippen LogP contribution in [0.2, 0.25) is 0 Å². The van der Waals surface area contributed by atoms with Crippen molar-refractivity contribution in [2.24, 2.45) is 5.92 Å². The second-order valence-electron chi connectivity index (χ2n) is 6.56. The van der Waals surface area contributed by atoms with E-state index in [-0.39, 0.29) is 5.91 Å². The zero-order valence-corrected chi connectivity index (χ0v) is 14.4. The van der Waals surface area contributed by atoms with Crippen LogP contribution >= 0.6 is 11.3 Å². The monoisotopic (exact) mass is 339 g/mol. The minimum atomic E-state index is 0.253. The summed E-state index contributed by atoms with van der Waals surface area (Å²) in [7, 11) is 0. The van der Waals surface area contributed by atoms with Gasteiger partial charge in [-0.15, -0.1) is 0 Å². The van der Waals surface area contributed by atoms with Gasteiger partial charge in [-0.2, -0.15) is 11.3 Å². The molecular weight excluding hydrogens is 318 g/mol. The fraction of sp³-hybridized carbons (Fsp3) is 0.368. The predicted octanol–water partition coefficient (Wildman–Crippen LogP) is 3.65.